The summed E-state index contributed by atoms with van der Waals surface area (Å²) in [6.07, 6.45) is 1.80. The maximum atomic E-state index is 12.0. The first-order chi connectivity index (χ1) is 14.2. The van der Waals surface area contributed by atoms with Crippen molar-refractivity contribution in [2.75, 3.05) is 18.0 Å². The topological polar surface area (TPSA) is 52.1 Å². The summed E-state index contributed by atoms with van der Waals surface area (Å²) in [5, 5.41) is 12.0. The number of anilines is 1. The number of benzene rings is 3. The molecule has 0 aliphatic carbocycles. The summed E-state index contributed by atoms with van der Waals surface area (Å²) in [7, 11) is 0. The molecule has 4 aromatic rings. The Bertz CT molecular complexity index is 1010. The molecule has 3 aromatic carbocycles. The van der Waals surface area contributed by atoms with Crippen LogP contribution < -0.4 is 4.90 Å². The van der Waals surface area contributed by atoms with Gasteiger partial charge in [-0.1, -0.05) is 72.8 Å². The van der Waals surface area contributed by atoms with Crippen LogP contribution in [0.15, 0.2) is 84.9 Å². The Balaban J connectivity index is 1.42. The number of aliphatic hydroxyl groups is 1. The van der Waals surface area contributed by atoms with E-state index in [4.69, 9.17) is 4.98 Å². The second-order valence-electron chi connectivity index (χ2n) is 7.84. The molecule has 1 saturated heterocycles. The summed E-state index contributed by atoms with van der Waals surface area (Å²) >= 11 is 0. The van der Waals surface area contributed by atoms with Crippen molar-refractivity contribution >= 4 is 17.0 Å². The Morgan fingerprint density at radius 1 is 0.793 bits per heavy atom. The molecule has 0 saturated carbocycles. The third kappa shape index (κ3) is 3.19. The number of fused-ring (bicyclic) bond motifs is 1. The first kappa shape index (κ1) is 18.0. The molecule has 0 amide bonds. The van der Waals surface area contributed by atoms with Crippen LogP contribution in [0, 0.1) is 5.92 Å². The van der Waals surface area contributed by atoms with E-state index >= 15 is 0 Å². The minimum atomic E-state index is -0.984. The smallest absolute Gasteiger partial charge is 0.203 e. The molecule has 0 atom stereocenters. The van der Waals surface area contributed by atoms with Gasteiger partial charge in [0.25, 0.3) is 0 Å². The van der Waals surface area contributed by atoms with Crippen LogP contribution in [0.5, 0.6) is 0 Å². The monoisotopic (exact) mass is 383 g/mol. The number of nitrogens with zero attached hydrogens (tertiary/aromatic N) is 2. The van der Waals surface area contributed by atoms with Crippen molar-refractivity contribution in [3.05, 3.63) is 96.1 Å². The molecule has 0 bridgehead atoms. The SMILES string of the molecule is OC(c1ccccc1)(c1ccccc1)C1CCN(c2nc3ccccc3[nH]2)CC1. The molecule has 5 rings (SSSR count). The van der Waals surface area contributed by atoms with Crippen molar-refractivity contribution in [2.24, 2.45) is 5.92 Å². The zero-order valence-corrected chi connectivity index (χ0v) is 16.3. The second-order valence-corrected chi connectivity index (χ2v) is 7.84. The van der Waals surface area contributed by atoms with Gasteiger partial charge in [0.1, 0.15) is 5.60 Å². The zero-order chi connectivity index (χ0) is 19.7. The highest BCUT2D eigenvalue weighted by Gasteiger charge is 2.41. The number of imidazole rings is 1. The molecule has 2 N–H and O–H groups in total. The van der Waals surface area contributed by atoms with Crippen LogP contribution in [0.25, 0.3) is 11.0 Å². The van der Waals surface area contributed by atoms with E-state index in [1.54, 1.807) is 0 Å². The molecule has 0 spiro atoms. The molecule has 1 aromatic heterocycles. The zero-order valence-electron chi connectivity index (χ0n) is 16.3. The summed E-state index contributed by atoms with van der Waals surface area (Å²) in [5.41, 5.74) is 3.01. The van der Waals surface area contributed by atoms with Crippen LogP contribution in [0.4, 0.5) is 5.95 Å². The lowest BCUT2D eigenvalue weighted by molar-refractivity contribution is 0.00495. The molecule has 29 heavy (non-hydrogen) atoms. The Morgan fingerprint density at radius 3 is 1.93 bits per heavy atom. The molecular formula is C25H25N3O. The summed E-state index contributed by atoms with van der Waals surface area (Å²) in [4.78, 5) is 10.5. The van der Waals surface area contributed by atoms with Crippen LogP contribution >= 0.6 is 0 Å². The number of nitrogens with one attached hydrogen (secondary N) is 1. The Labute approximate surface area is 170 Å². The third-order valence-corrected chi connectivity index (χ3v) is 6.19. The number of hydrogen-bond donors (Lipinski definition) is 2. The van der Waals surface area contributed by atoms with Gasteiger partial charge in [0.2, 0.25) is 5.95 Å². The molecule has 2 heterocycles. The van der Waals surface area contributed by atoms with Gasteiger partial charge in [0.15, 0.2) is 0 Å². The fourth-order valence-electron chi connectivity index (χ4n) is 4.62. The Kier molecular flexibility index (Phi) is 4.57. The lowest BCUT2D eigenvalue weighted by atomic mass is 9.72. The van der Waals surface area contributed by atoms with Gasteiger partial charge in [-0.3, -0.25) is 0 Å². The molecule has 4 nitrogen and oxygen atoms in total. The van der Waals surface area contributed by atoms with E-state index in [-0.39, 0.29) is 5.92 Å². The van der Waals surface area contributed by atoms with E-state index < -0.39 is 5.60 Å². The number of H-pyrrole nitrogens is 1. The fourth-order valence-corrected chi connectivity index (χ4v) is 4.62. The summed E-state index contributed by atoms with van der Waals surface area (Å²) in [5.74, 6) is 1.07. The van der Waals surface area contributed by atoms with Crippen molar-refractivity contribution < 1.29 is 5.11 Å². The molecule has 1 fully saturated rings. The standard InChI is InChI=1S/C25H25N3O/c29-25(19-9-3-1-4-10-19,20-11-5-2-6-12-20)21-15-17-28(18-16-21)24-26-22-13-7-8-14-23(22)27-24/h1-14,21,29H,15-18H2,(H,26,27). The maximum absolute atomic E-state index is 12.0. The van der Waals surface area contributed by atoms with Gasteiger partial charge >= 0.3 is 0 Å². The van der Waals surface area contributed by atoms with Crippen LogP contribution in [-0.2, 0) is 5.60 Å². The molecule has 4 heteroatoms. The van der Waals surface area contributed by atoms with Gasteiger partial charge in [-0.05, 0) is 42.0 Å². The Morgan fingerprint density at radius 2 is 1.34 bits per heavy atom. The minimum absolute atomic E-state index is 0.146. The summed E-state index contributed by atoms with van der Waals surface area (Å²) in [6.45, 7) is 1.74. The van der Waals surface area contributed by atoms with Gasteiger partial charge in [0, 0.05) is 13.1 Å². The van der Waals surface area contributed by atoms with Crippen LogP contribution in [-0.4, -0.2) is 28.2 Å². The lowest BCUT2D eigenvalue weighted by Gasteiger charge is -2.42. The molecule has 1 aliphatic rings. The third-order valence-electron chi connectivity index (χ3n) is 6.19. The number of piperidine rings is 1. The van der Waals surface area contributed by atoms with Crippen molar-refractivity contribution in [1.82, 2.24) is 9.97 Å². The minimum Gasteiger partial charge on any atom is -0.380 e. The van der Waals surface area contributed by atoms with E-state index in [1.165, 1.54) is 0 Å². The van der Waals surface area contributed by atoms with Crippen LogP contribution in [0.1, 0.15) is 24.0 Å². The van der Waals surface area contributed by atoms with E-state index in [2.05, 4.69) is 16.0 Å². The average molecular weight is 383 g/mol. The van der Waals surface area contributed by atoms with Crippen LogP contribution in [0.3, 0.4) is 0 Å². The second kappa shape index (κ2) is 7.37. The number of rotatable bonds is 4. The van der Waals surface area contributed by atoms with Gasteiger partial charge in [-0.25, -0.2) is 4.98 Å². The van der Waals surface area contributed by atoms with E-state index in [1.807, 2.05) is 78.9 Å². The van der Waals surface area contributed by atoms with Gasteiger partial charge in [0.05, 0.1) is 11.0 Å². The highest BCUT2D eigenvalue weighted by atomic mass is 16.3. The number of hydrogen-bond acceptors (Lipinski definition) is 3. The highest BCUT2D eigenvalue weighted by Crippen LogP contribution is 2.42. The van der Waals surface area contributed by atoms with Gasteiger partial charge < -0.3 is 15.0 Å². The Hall–Kier alpha value is -3.11. The highest BCUT2D eigenvalue weighted by molar-refractivity contribution is 5.77. The van der Waals surface area contributed by atoms with Crippen molar-refractivity contribution in [1.29, 1.82) is 0 Å². The number of aromatic nitrogens is 2. The lowest BCUT2D eigenvalue weighted by Crippen LogP contribution is -2.44. The van der Waals surface area contributed by atoms with E-state index in [0.717, 1.165) is 54.0 Å². The summed E-state index contributed by atoms with van der Waals surface area (Å²) in [6, 6.07) is 28.3. The first-order valence-electron chi connectivity index (χ1n) is 10.3. The normalized spacial score (nSPS) is 15.7. The van der Waals surface area contributed by atoms with Gasteiger partial charge in [-0.2, -0.15) is 0 Å². The molecule has 1 aliphatic heterocycles. The average Bonchev–Trinajstić information content (AvgIpc) is 3.24. The predicted molar refractivity (Wildman–Crippen MR) is 117 cm³/mol. The fraction of sp³-hybridized carbons (Fsp3) is 0.240. The molecule has 0 unspecified atom stereocenters. The largest absolute Gasteiger partial charge is 0.380 e. The van der Waals surface area contributed by atoms with Crippen molar-refractivity contribution in [3.8, 4) is 0 Å². The van der Waals surface area contributed by atoms with Crippen molar-refractivity contribution in [3.63, 3.8) is 0 Å². The summed E-state index contributed by atoms with van der Waals surface area (Å²) < 4.78 is 0. The van der Waals surface area contributed by atoms with Crippen LogP contribution in [0.2, 0.25) is 0 Å². The maximum Gasteiger partial charge on any atom is 0.203 e. The molecule has 0 radical (unpaired) electrons. The predicted octanol–water partition coefficient (Wildman–Crippen LogP) is 4.72. The van der Waals surface area contributed by atoms with E-state index in [0.29, 0.717) is 0 Å². The quantitative estimate of drug-likeness (QED) is 0.536. The molecular weight excluding hydrogens is 358 g/mol. The first-order valence-corrected chi connectivity index (χ1v) is 10.3. The number of para-hydroxylation sites is 2. The van der Waals surface area contributed by atoms with E-state index in [9.17, 15) is 5.11 Å². The van der Waals surface area contributed by atoms with Gasteiger partial charge in [-0.15, -0.1) is 0 Å². The van der Waals surface area contributed by atoms with Crippen molar-refractivity contribution in [2.45, 2.75) is 18.4 Å². The number of aromatic amines is 1. The molecule has 146 valence electrons.